The smallest absolute Gasteiger partial charge is 0.306 e. The van der Waals surface area contributed by atoms with Crippen molar-refractivity contribution in [2.24, 2.45) is 11.8 Å². The predicted octanol–water partition coefficient (Wildman–Crippen LogP) is -0.364. The fourth-order valence-corrected chi connectivity index (χ4v) is 3.41. The maximum absolute atomic E-state index is 11.7. The maximum Gasteiger partial charge on any atom is 0.306 e. The van der Waals surface area contributed by atoms with E-state index in [4.69, 9.17) is 19.7 Å². The molecule has 29 heavy (non-hydrogen) atoms. The summed E-state index contributed by atoms with van der Waals surface area (Å²) in [6.45, 7) is 5.69. The van der Waals surface area contributed by atoms with Crippen molar-refractivity contribution in [3.8, 4) is 0 Å². The minimum atomic E-state index is -0.996. The first-order valence-corrected chi connectivity index (χ1v) is 11.3. The lowest BCUT2D eigenvalue weighted by atomic mass is 10.1. The van der Waals surface area contributed by atoms with Crippen molar-refractivity contribution in [2.45, 2.75) is 52.2 Å². The summed E-state index contributed by atoms with van der Waals surface area (Å²) in [4.78, 5) is 13.4. The number of rotatable bonds is 18. The van der Waals surface area contributed by atoms with Crippen molar-refractivity contribution in [3.05, 3.63) is 0 Å². The molecule has 0 spiro atoms. The third-order valence-electron chi connectivity index (χ3n) is 4.52. The molecule has 0 aromatic carbocycles. The van der Waals surface area contributed by atoms with Gasteiger partial charge in [0, 0.05) is 30.7 Å². The van der Waals surface area contributed by atoms with Gasteiger partial charge in [-0.25, -0.2) is 0 Å². The third kappa shape index (κ3) is 13.5. The van der Waals surface area contributed by atoms with E-state index in [-0.39, 0.29) is 57.8 Å². The van der Waals surface area contributed by atoms with Crippen LogP contribution in [0.15, 0.2) is 0 Å². The van der Waals surface area contributed by atoms with Crippen molar-refractivity contribution in [2.75, 3.05) is 51.0 Å². The van der Waals surface area contributed by atoms with E-state index in [1.165, 1.54) is 11.8 Å². The lowest BCUT2D eigenvalue weighted by molar-refractivity contribution is -0.161. The van der Waals surface area contributed by atoms with Gasteiger partial charge in [0.1, 0.15) is 18.9 Å². The summed E-state index contributed by atoms with van der Waals surface area (Å²) in [6, 6.07) is 0. The topological polar surface area (TPSA) is 140 Å². The molecule has 5 N–H and O–H groups in total. The molecule has 0 amide bonds. The molecule has 0 saturated heterocycles. The van der Waals surface area contributed by atoms with Crippen LogP contribution < -0.4 is 0 Å². The molecule has 0 rings (SSSR count). The molecule has 0 radical (unpaired) electrons. The largest absolute Gasteiger partial charge is 0.463 e. The van der Waals surface area contributed by atoms with Gasteiger partial charge in [-0.2, -0.15) is 11.8 Å². The zero-order chi connectivity index (χ0) is 22.2. The molecule has 0 aromatic rings. The van der Waals surface area contributed by atoms with Crippen molar-refractivity contribution >= 4 is 17.7 Å². The van der Waals surface area contributed by atoms with E-state index in [2.05, 4.69) is 0 Å². The Hall–Kier alpha value is -0.460. The van der Waals surface area contributed by atoms with Crippen LogP contribution in [0.1, 0.15) is 33.6 Å². The van der Waals surface area contributed by atoms with Crippen LogP contribution in [0.4, 0.5) is 0 Å². The Labute approximate surface area is 178 Å². The van der Waals surface area contributed by atoms with Crippen molar-refractivity contribution in [3.63, 3.8) is 0 Å². The van der Waals surface area contributed by atoms with Crippen LogP contribution in [0.25, 0.3) is 0 Å². The van der Waals surface area contributed by atoms with Crippen LogP contribution in [0.2, 0.25) is 0 Å². The monoisotopic (exact) mass is 441 g/mol. The van der Waals surface area contributed by atoms with Gasteiger partial charge in [0.05, 0.1) is 26.2 Å². The molecule has 174 valence electrons. The van der Waals surface area contributed by atoms with E-state index in [9.17, 15) is 20.1 Å². The zero-order valence-electron chi connectivity index (χ0n) is 17.8. The van der Waals surface area contributed by atoms with Crippen LogP contribution in [0.3, 0.4) is 0 Å². The third-order valence-corrected chi connectivity index (χ3v) is 5.77. The van der Waals surface area contributed by atoms with Gasteiger partial charge in [0.25, 0.3) is 0 Å². The molecule has 0 bridgehead atoms. The standard InChI is InChI=1S/C19H39NO8S/c1-4-14(2)19(26)28-12-16(23)11-27-17(24)5-10-29-13-15(3)18(25)20(6-8-21)7-9-22/h14-16,18-19,21-23,25-26H,4-13H2,1-3H3. The van der Waals surface area contributed by atoms with Crippen molar-refractivity contribution in [1.82, 2.24) is 4.90 Å². The van der Waals surface area contributed by atoms with Gasteiger partial charge in [-0.3, -0.25) is 9.69 Å². The first-order chi connectivity index (χ1) is 13.8. The molecule has 10 heteroatoms. The number of nitrogens with zero attached hydrogens (tertiary/aromatic N) is 1. The first-order valence-electron chi connectivity index (χ1n) is 10.1. The second kappa shape index (κ2) is 17.2. The molecule has 5 unspecified atom stereocenters. The molecule has 0 heterocycles. The molecule has 0 aliphatic heterocycles. The van der Waals surface area contributed by atoms with Crippen LogP contribution in [-0.2, 0) is 14.3 Å². The summed E-state index contributed by atoms with van der Waals surface area (Å²) >= 11 is 1.49. The highest BCUT2D eigenvalue weighted by molar-refractivity contribution is 7.99. The Morgan fingerprint density at radius 1 is 1.03 bits per heavy atom. The lowest BCUT2D eigenvalue weighted by Gasteiger charge is -2.30. The van der Waals surface area contributed by atoms with E-state index < -0.39 is 24.6 Å². The number of aliphatic hydroxyl groups is 5. The Bertz CT molecular complexity index is 412. The van der Waals surface area contributed by atoms with Gasteiger partial charge >= 0.3 is 5.97 Å². The number of ether oxygens (including phenoxy) is 2. The van der Waals surface area contributed by atoms with E-state index in [1.54, 1.807) is 4.90 Å². The number of aliphatic hydroxyl groups excluding tert-OH is 5. The highest BCUT2D eigenvalue weighted by Crippen LogP contribution is 2.16. The quantitative estimate of drug-likeness (QED) is 0.109. The number of hydrogen-bond acceptors (Lipinski definition) is 10. The van der Waals surface area contributed by atoms with Gasteiger partial charge in [-0.1, -0.05) is 20.8 Å². The summed E-state index contributed by atoms with van der Waals surface area (Å²) in [5.41, 5.74) is 0. The Morgan fingerprint density at radius 3 is 2.21 bits per heavy atom. The highest BCUT2D eigenvalue weighted by Gasteiger charge is 2.21. The van der Waals surface area contributed by atoms with Gasteiger partial charge in [-0.15, -0.1) is 0 Å². The molecule has 0 saturated carbocycles. The number of carbonyl (C=O) groups excluding carboxylic acids is 1. The van der Waals surface area contributed by atoms with E-state index in [0.717, 1.165) is 6.42 Å². The Balaban J connectivity index is 3.95. The van der Waals surface area contributed by atoms with Crippen LogP contribution >= 0.6 is 11.8 Å². The molecular weight excluding hydrogens is 402 g/mol. The normalized spacial score (nSPS) is 17.0. The number of carbonyl (C=O) groups is 1. The minimum absolute atomic E-state index is 0.0398. The second-order valence-corrected chi connectivity index (χ2v) is 8.30. The van der Waals surface area contributed by atoms with E-state index >= 15 is 0 Å². The molecule has 0 aliphatic carbocycles. The van der Waals surface area contributed by atoms with Crippen LogP contribution in [0.5, 0.6) is 0 Å². The van der Waals surface area contributed by atoms with Crippen molar-refractivity contribution in [1.29, 1.82) is 0 Å². The first kappa shape index (κ1) is 28.5. The average Bonchev–Trinajstić information content (AvgIpc) is 2.71. The Morgan fingerprint density at radius 2 is 1.66 bits per heavy atom. The van der Waals surface area contributed by atoms with Crippen molar-refractivity contribution < 1.29 is 39.8 Å². The number of thioether (sulfide) groups is 1. The summed E-state index contributed by atoms with van der Waals surface area (Å²) in [5, 5.41) is 47.8. The lowest BCUT2D eigenvalue weighted by Crippen LogP contribution is -2.43. The van der Waals surface area contributed by atoms with E-state index in [0.29, 0.717) is 11.5 Å². The molecule has 0 aliphatic rings. The fourth-order valence-electron chi connectivity index (χ4n) is 2.39. The van der Waals surface area contributed by atoms with Crippen LogP contribution in [-0.4, -0.2) is 106 Å². The van der Waals surface area contributed by atoms with Gasteiger partial charge < -0.3 is 35.0 Å². The van der Waals surface area contributed by atoms with Gasteiger partial charge in [-0.05, 0) is 12.2 Å². The maximum atomic E-state index is 11.7. The van der Waals surface area contributed by atoms with E-state index in [1.807, 2.05) is 20.8 Å². The van der Waals surface area contributed by atoms with Gasteiger partial charge in [0.2, 0.25) is 0 Å². The fraction of sp³-hybridized carbons (Fsp3) is 0.947. The molecule has 5 atom stereocenters. The summed E-state index contributed by atoms with van der Waals surface area (Å²) < 4.78 is 10.1. The molecule has 9 nitrogen and oxygen atoms in total. The highest BCUT2D eigenvalue weighted by atomic mass is 32.2. The molecule has 0 fully saturated rings. The number of hydrogen-bond donors (Lipinski definition) is 5. The molecular formula is C19H39NO8S. The second-order valence-electron chi connectivity index (χ2n) is 7.15. The van der Waals surface area contributed by atoms with Crippen LogP contribution in [0, 0.1) is 11.8 Å². The summed E-state index contributed by atoms with van der Waals surface area (Å²) in [7, 11) is 0. The minimum Gasteiger partial charge on any atom is -0.463 e. The SMILES string of the molecule is CCC(C)C(O)OCC(O)COC(=O)CCSCC(C)C(O)N(CCO)CCO. The van der Waals surface area contributed by atoms with Gasteiger partial charge in [0.15, 0.2) is 6.29 Å². The molecule has 0 aromatic heterocycles. The summed E-state index contributed by atoms with van der Waals surface area (Å²) in [5.74, 6) is 0.530. The number of esters is 1. The summed E-state index contributed by atoms with van der Waals surface area (Å²) in [6.07, 6.45) is -1.81. The zero-order valence-corrected chi connectivity index (χ0v) is 18.6. The predicted molar refractivity (Wildman–Crippen MR) is 111 cm³/mol. The Kier molecular flexibility index (Phi) is 17.0. The average molecular weight is 442 g/mol.